The number of carbonyl (C=O) groups excluding carboxylic acids is 1. The van der Waals surface area contributed by atoms with E-state index in [1.54, 1.807) is 0 Å². The minimum Gasteiger partial charge on any atom is -0.488 e. The highest BCUT2D eigenvalue weighted by atomic mass is 16.5. The summed E-state index contributed by atoms with van der Waals surface area (Å²) in [7, 11) is 0. The number of benzene rings is 2. The van der Waals surface area contributed by atoms with Gasteiger partial charge in [0.1, 0.15) is 11.9 Å². The Balaban J connectivity index is 1.41. The van der Waals surface area contributed by atoms with E-state index in [2.05, 4.69) is 22.8 Å². The number of ether oxygens (including phenoxy) is 2. The highest BCUT2D eigenvalue weighted by molar-refractivity contribution is 5.73. The summed E-state index contributed by atoms with van der Waals surface area (Å²) in [6.07, 6.45) is 0.817. The normalized spacial score (nSPS) is 15.7. The second kappa shape index (κ2) is 8.44. The van der Waals surface area contributed by atoms with E-state index >= 15 is 0 Å². The lowest BCUT2D eigenvalue weighted by molar-refractivity contribution is -0.0149. The summed E-state index contributed by atoms with van der Waals surface area (Å²) >= 11 is 0. The van der Waals surface area contributed by atoms with E-state index in [-0.39, 0.29) is 17.7 Å². The molecule has 2 aromatic rings. The van der Waals surface area contributed by atoms with E-state index < -0.39 is 0 Å². The van der Waals surface area contributed by atoms with E-state index in [0.717, 1.165) is 23.3 Å². The van der Waals surface area contributed by atoms with Gasteiger partial charge in [0.25, 0.3) is 0 Å². The quantitative estimate of drug-likeness (QED) is 0.815. The molecule has 0 spiro atoms. The molecule has 2 N–H and O–H groups in total. The summed E-state index contributed by atoms with van der Waals surface area (Å²) in [5.74, 6) is 0.916. The fraction of sp³-hybridized carbons (Fsp3) is 0.409. The second-order valence-electron chi connectivity index (χ2n) is 7.84. The first-order chi connectivity index (χ1) is 12.9. The van der Waals surface area contributed by atoms with Gasteiger partial charge < -0.3 is 20.1 Å². The Labute approximate surface area is 161 Å². The van der Waals surface area contributed by atoms with Crippen molar-refractivity contribution >= 4 is 6.03 Å². The summed E-state index contributed by atoms with van der Waals surface area (Å²) in [6.45, 7) is 7.63. The highest BCUT2D eigenvalue weighted by Crippen LogP contribution is 2.27. The number of hydrogen-bond donors (Lipinski definition) is 2. The molecular formula is C22H28N2O3. The predicted molar refractivity (Wildman–Crippen MR) is 106 cm³/mol. The topological polar surface area (TPSA) is 59.6 Å². The van der Waals surface area contributed by atoms with Crippen LogP contribution in [-0.2, 0) is 24.3 Å². The first-order valence-corrected chi connectivity index (χ1v) is 9.37. The van der Waals surface area contributed by atoms with Crippen LogP contribution in [0.3, 0.4) is 0 Å². The largest absolute Gasteiger partial charge is 0.488 e. The molecule has 2 amide bonds. The number of para-hydroxylation sites is 1. The van der Waals surface area contributed by atoms with Crippen LogP contribution in [0.5, 0.6) is 5.75 Å². The lowest BCUT2D eigenvalue weighted by Crippen LogP contribution is -2.40. The van der Waals surface area contributed by atoms with Gasteiger partial charge in [0.05, 0.1) is 18.8 Å². The van der Waals surface area contributed by atoms with Crippen LogP contribution in [-0.4, -0.2) is 24.3 Å². The Morgan fingerprint density at radius 1 is 1.11 bits per heavy atom. The smallest absolute Gasteiger partial charge is 0.315 e. The van der Waals surface area contributed by atoms with Crippen molar-refractivity contribution in [3.8, 4) is 5.75 Å². The van der Waals surface area contributed by atoms with Gasteiger partial charge >= 0.3 is 6.03 Å². The summed E-state index contributed by atoms with van der Waals surface area (Å²) in [4.78, 5) is 12.1. The fourth-order valence-corrected chi connectivity index (χ4v) is 2.95. The number of carbonyl (C=O) groups is 1. The van der Waals surface area contributed by atoms with E-state index in [1.165, 1.54) is 5.56 Å². The minimum atomic E-state index is -0.189. The molecular weight excluding hydrogens is 340 g/mol. The number of urea groups is 1. The lowest BCUT2D eigenvalue weighted by Gasteiger charge is -2.19. The molecule has 0 radical (unpaired) electrons. The molecule has 1 heterocycles. The number of nitrogens with one attached hydrogen (secondary N) is 2. The van der Waals surface area contributed by atoms with Gasteiger partial charge in [-0.1, -0.05) is 42.5 Å². The van der Waals surface area contributed by atoms with Crippen molar-refractivity contribution in [3.63, 3.8) is 0 Å². The van der Waals surface area contributed by atoms with Crippen molar-refractivity contribution in [1.82, 2.24) is 10.6 Å². The van der Waals surface area contributed by atoms with Crippen LogP contribution in [0, 0.1) is 0 Å². The van der Waals surface area contributed by atoms with E-state index in [4.69, 9.17) is 9.47 Å². The van der Waals surface area contributed by atoms with Gasteiger partial charge in [0, 0.05) is 13.0 Å². The molecule has 2 aromatic carbocycles. The third kappa shape index (κ3) is 6.00. The zero-order valence-electron chi connectivity index (χ0n) is 16.2. The number of rotatable bonds is 6. The van der Waals surface area contributed by atoms with E-state index in [1.807, 2.05) is 57.2 Å². The number of hydrogen-bond acceptors (Lipinski definition) is 3. The molecule has 0 fully saturated rings. The molecule has 1 aliphatic heterocycles. The second-order valence-corrected chi connectivity index (χ2v) is 7.84. The third-order valence-electron chi connectivity index (χ3n) is 4.32. The molecule has 0 aliphatic carbocycles. The van der Waals surface area contributed by atoms with Crippen molar-refractivity contribution in [2.75, 3.05) is 6.54 Å². The maximum Gasteiger partial charge on any atom is 0.315 e. The number of amides is 2. The SMILES string of the molecule is CC(C)(C)OCc1cccc(CNC(=O)NCC2Cc3ccccc3O2)c1. The van der Waals surface area contributed by atoms with Gasteiger partial charge in [0.15, 0.2) is 0 Å². The standard InChI is InChI=1S/C22H28N2O3/c1-22(2,3)26-15-17-8-6-7-16(11-17)13-23-21(25)24-14-19-12-18-9-4-5-10-20(18)27-19/h4-11,19H,12-15H2,1-3H3,(H2,23,24,25). The van der Waals surface area contributed by atoms with Crippen molar-refractivity contribution < 1.29 is 14.3 Å². The van der Waals surface area contributed by atoms with Crippen LogP contribution in [0.25, 0.3) is 0 Å². The first kappa shape index (κ1) is 19.2. The fourth-order valence-electron chi connectivity index (χ4n) is 2.95. The van der Waals surface area contributed by atoms with Gasteiger partial charge in [0.2, 0.25) is 0 Å². The minimum absolute atomic E-state index is 0.00831. The first-order valence-electron chi connectivity index (χ1n) is 9.37. The molecule has 5 heteroatoms. The van der Waals surface area contributed by atoms with Gasteiger partial charge in [-0.3, -0.25) is 0 Å². The average Bonchev–Trinajstić information content (AvgIpc) is 3.06. The van der Waals surface area contributed by atoms with Gasteiger partial charge in [-0.25, -0.2) is 4.79 Å². The molecule has 0 aromatic heterocycles. The Bertz CT molecular complexity index is 758. The van der Waals surface area contributed by atoms with Gasteiger partial charge in [-0.15, -0.1) is 0 Å². The summed E-state index contributed by atoms with van der Waals surface area (Å²) in [6, 6.07) is 15.9. The van der Waals surface area contributed by atoms with Crippen LogP contribution in [0.1, 0.15) is 37.5 Å². The summed E-state index contributed by atoms with van der Waals surface area (Å²) in [5, 5.41) is 5.79. The van der Waals surface area contributed by atoms with Crippen LogP contribution in [0.15, 0.2) is 48.5 Å². The molecule has 3 rings (SSSR count). The molecule has 0 saturated carbocycles. The molecule has 1 aliphatic rings. The third-order valence-corrected chi connectivity index (χ3v) is 4.32. The molecule has 1 atom stereocenters. The Morgan fingerprint density at radius 2 is 1.89 bits per heavy atom. The molecule has 0 bridgehead atoms. The van der Waals surface area contributed by atoms with Crippen molar-refractivity contribution in [1.29, 1.82) is 0 Å². The summed E-state index contributed by atoms with van der Waals surface area (Å²) < 4.78 is 11.6. The highest BCUT2D eigenvalue weighted by Gasteiger charge is 2.22. The molecule has 1 unspecified atom stereocenters. The molecule has 27 heavy (non-hydrogen) atoms. The van der Waals surface area contributed by atoms with Crippen LogP contribution in [0.2, 0.25) is 0 Å². The van der Waals surface area contributed by atoms with Crippen molar-refractivity contribution in [3.05, 3.63) is 65.2 Å². The van der Waals surface area contributed by atoms with Crippen LogP contribution in [0.4, 0.5) is 4.79 Å². The predicted octanol–water partition coefficient (Wildman–Crippen LogP) is 3.80. The lowest BCUT2D eigenvalue weighted by atomic mass is 10.1. The Morgan fingerprint density at radius 3 is 2.67 bits per heavy atom. The Kier molecular flexibility index (Phi) is 6.01. The van der Waals surface area contributed by atoms with Crippen LogP contribution >= 0.6 is 0 Å². The Hall–Kier alpha value is -2.53. The maximum atomic E-state index is 12.1. The summed E-state index contributed by atoms with van der Waals surface area (Å²) in [5.41, 5.74) is 3.17. The van der Waals surface area contributed by atoms with Gasteiger partial charge in [-0.2, -0.15) is 0 Å². The van der Waals surface area contributed by atoms with E-state index in [0.29, 0.717) is 19.7 Å². The monoisotopic (exact) mass is 368 g/mol. The zero-order chi connectivity index (χ0) is 19.3. The molecule has 5 nitrogen and oxygen atoms in total. The van der Waals surface area contributed by atoms with Crippen LogP contribution < -0.4 is 15.4 Å². The van der Waals surface area contributed by atoms with Crippen molar-refractivity contribution in [2.24, 2.45) is 0 Å². The maximum absolute atomic E-state index is 12.1. The van der Waals surface area contributed by atoms with Gasteiger partial charge in [-0.05, 0) is 43.5 Å². The number of fused-ring (bicyclic) bond motifs is 1. The molecule has 144 valence electrons. The molecule has 0 saturated heterocycles. The zero-order valence-corrected chi connectivity index (χ0v) is 16.2. The average molecular weight is 368 g/mol. The van der Waals surface area contributed by atoms with Crippen molar-refractivity contribution in [2.45, 2.75) is 52.0 Å². The van der Waals surface area contributed by atoms with E-state index in [9.17, 15) is 4.79 Å².